The molecule has 0 radical (unpaired) electrons. The van der Waals surface area contributed by atoms with Gasteiger partial charge in [0.15, 0.2) is 0 Å². The molecule has 1 aromatic heterocycles. The zero-order valence-corrected chi connectivity index (χ0v) is 13.2. The number of nitrogen functional groups attached to an aromatic ring is 1. The third-order valence-electron chi connectivity index (χ3n) is 2.62. The van der Waals surface area contributed by atoms with Crippen LogP contribution in [0.1, 0.15) is 11.1 Å². The molecule has 0 fully saturated rings. The van der Waals surface area contributed by atoms with Gasteiger partial charge in [0, 0.05) is 28.9 Å². The predicted octanol–water partition coefficient (Wildman–Crippen LogP) is 3.60. The Morgan fingerprint density at radius 2 is 2.20 bits per heavy atom. The van der Waals surface area contributed by atoms with Crippen LogP contribution in [0.15, 0.2) is 40.0 Å². The minimum Gasteiger partial charge on any atom is -0.488 e. The molecule has 1 aromatic carbocycles. The number of nitrogens with zero attached hydrogens (tertiary/aromatic N) is 2. The number of thioether (sulfide) groups is 1. The van der Waals surface area contributed by atoms with Gasteiger partial charge in [-0.05, 0) is 34.3 Å². The Balaban J connectivity index is 2.15. The van der Waals surface area contributed by atoms with Gasteiger partial charge in [0.25, 0.3) is 0 Å². The Hall–Kier alpha value is -1.71. The monoisotopic (exact) mass is 349 g/mol. The summed E-state index contributed by atoms with van der Waals surface area (Å²) in [6, 6.07) is 7.36. The zero-order valence-electron chi connectivity index (χ0n) is 10.8. The van der Waals surface area contributed by atoms with Gasteiger partial charge in [-0.3, -0.25) is 4.98 Å². The van der Waals surface area contributed by atoms with Gasteiger partial charge in [-0.1, -0.05) is 0 Å². The lowest BCUT2D eigenvalue weighted by molar-refractivity contribution is 0.303. The van der Waals surface area contributed by atoms with Crippen molar-refractivity contribution in [1.29, 1.82) is 5.26 Å². The topological polar surface area (TPSA) is 71.9 Å². The van der Waals surface area contributed by atoms with Gasteiger partial charge in [0.1, 0.15) is 18.4 Å². The van der Waals surface area contributed by atoms with Crippen molar-refractivity contribution in [2.45, 2.75) is 11.5 Å². The van der Waals surface area contributed by atoms with E-state index in [1.165, 1.54) is 0 Å². The lowest BCUT2D eigenvalue weighted by atomic mass is 10.2. The summed E-state index contributed by atoms with van der Waals surface area (Å²) in [6.45, 7) is 0.394. The Morgan fingerprint density at radius 1 is 1.40 bits per heavy atom. The van der Waals surface area contributed by atoms with Crippen LogP contribution in [0.4, 0.5) is 5.69 Å². The Bertz CT molecular complexity index is 670. The van der Waals surface area contributed by atoms with E-state index in [4.69, 9.17) is 15.7 Å². The molecule has 4 nitrogen and oxygen atoms in total. The summed E-state index contributed by atoms with van der Waals surface area (Å²) < 4.78 is 6.42. The normalized spacial score (nSPS) is 10.1. The number of pyridine rings is 1. The fourth-order valence-corrected chi connectivity index (χ4v) is 2.49. The summed E-state index contributed by atoms with van der Waals surface area (Å²) >= 11 is 5.00. The summed E-state index contributed by atoms with van der Waals surface area (Å²) in [4.78, 5) is 5.24. The molecule has 2 N–H and O–H groups in total. The molecule has 0 spiro atoms. The first-order chi connectivity index (χ1) is 9.63. The quantitative estimate of drug-likeness (QED) is 0.674. The Labute approximate surface area is 130 Å². The SMILES string of the molecule is CSc1cncc(COc2cc(N)c(C#N)cc2Br)c1. The van der Waals surface area contributed by atoms with E-state index >= 15 is 0 Å². The van der Waals surface area contributed by atoms with Crippen LogP contribution in [0.5, 0.6) is 5.75 Å². The summed E-state index contributed by atoms with van der Waals surface area (Å²) in [6.07, 6.45) is 5.57. The van der Waals surface area contributed by atoms with Gasteiger partial charge in [-0.2, -0.15) is 5.26 Å². The summed E-state index contributed by atoms with van der Waals surface area (Å²) in [5, 5.41) is 8.90. The van der Waals surface area contributed by atoms with E-state index in [2.05, 4.69) is 20.9 Å². The molecule has 2 rings (SSSR count). The first kappa shape index (κ1) is 14.7. The number of ether oxygens (including phenoxy) is 1. The second-order valence-electron chi connectivity index (χ2n) is 4.00. The van der Waals surface area contributed by atoms with E-state index in [-0.39, 0.29) is 0 Å². The molecule has 0 aliphatic heterocycles. The van der Waals surface area contributed by atoms with Gasteiger partial charge in [-0.15, -0.1) is 11.8 Å². The minimum atomic E-state index is 0.394. The largest absolute Gasteiger partial charge is 0.488 e. The number of halogens is 1. The van der Waals surface area contributed by atoms with Gasteiger partial charge < -0.3 is 10.5 Å². The number of rotatable bonds is 4. The molecule has 1 heterocycles. The van der Waals surface area contributed by atoms with Crippen LogP contribution in [0.25, 0.3) is 0 Å². The molecule has 2 aromatic rings. The molecular formula is C14H12BrN3OS. The Kier molecular flexibility index (Phi) is 4.88. The van der Waals surface area contributed by atoms with E-state index in [0.717, 1.165) is 10.5 Å². The third-order valence-corrected chi connectivity index (χ3v) is 3.94. The first-order valence-corrected chi connectivity index (χ1v) is 7.75. The molecule has 0 saturated carbocycles. The number of aromatic nitrogens is 1. The maximum absolute atomic E-state index is 8.90. The van der Waals surface area contributed by atoms with Crippen LogP contribution in [0, 0.1) is 11.3 Å². The van der Waals surface area contributed by atoms with Crippen molar-refractivity contribution in [2.75, 3.05) is 12.0 Å². The van der Waals surface area contributed by atoms with Crippen LogP contribution in [-0.2, 0) is 6.61 Å². The highest BCUT2D eigenvalue weighted by molar-refractivity contribution is 9.10. The van der Waals surface area contributed by atoms with Crippen molar-refractivity contribution in [3.63, 3.8) is 0 Å². The number of hydrogen-bond donors (Lipinski definition) is 1. The molecule has 0 unspecified atom stereocenters. The molecule has 102 valence electrons. The predicted molar refractivity (Wildman–Crippen MR) is 83.6 cm³/mol. The zero-order chi connectivity index (χ0) is 14.5. The summed E-state index contributed by atoms with van der Waals surface area (Å²) in [5.74, 6) is 0.607. The lowest BCUT2D eigenvalue weighted by Gasteiger charge is -2.10. The molecule has 0 saturated heterocycles. The number of hydrogen-bond acceptors (Lipinski definition) is 5. The van der Waals surface area contributed by atoms with Crippen molar-refractivity contribution in [3.05, 3.63) is 46.2 Å². The molecule has 0 amide bonds. The number of nitriles is 1. The molecule has 20 heavy (non-hydrogen) atoms. The van der Waals surface area contributed by atoms with E-state index in [9.17, 15) is 0 Å². The molecule has 0 aliphatic rings. The first-order valence-electron chi connectivity index (χ1n) is 5.74. The number of nitrogens with two attached hydrogens (primary N) is 1. The van der Waals surface area contributed by atoms with Gasteiger partial charge in [0.2, 0.25) is 0 Å². The van der Waals surface area contributed by atoms with Crippen molar-refractivity contribution < 1.29 is 4.74 Å². The number of benzene rings is 1. The van der Waals surface area contributed by atoms with Gasteiger partial charge >= 0.3 is 0 Å². The summed E-state index contributed by atoms with van der Waals surface area (Å²) in [7, 11) is 0. The van der Waals surface area contributed by atoms with Crippen molar-refractivity contribution in [2.24, 2.45) is 0 Å². The molecule has 0 bridgehead atoms. The van der Waals surface area contributed by atoms with Gasteiger partial charge in [-0.25, -0.2) is 0 Å². The average molecular weight is 350 g/mol. The maximum Gasteiger partial charge on any atom is 0.136 e. The van der Waals surface area contributed by atoms with Crippen LogP contribution >= 0.6 is 27.7 Å². The van der Waals surface area contributed by atoms with E-state index < -0.39 is 0 Å². The molecule has 0 aliphatic carbocycles. The smallest absolute Gasteiger partial charge is 0.136 e. The lowest BCUT2D eigenvalue weighted by Crippen LogP contribution is -1.99. The van der Waals surface area contributed by atoms with Crippen molar-refractivity contribution in [3.8, 4) is 11.8 Å². The van der Waals surface area contributed by atoms with Crippen molar-refractivity contribution >= 4 is 33.4 Å². The van der Waals surface area contributed by atoms with Crippen LogP contribution in [-0.4, -0.2) is 11.2 Å². The highest BCUT2D eigenvalue weighted by Crippen LogP contribution is 2.30. The molecule has 6 heteroatoms. The maximum atomic E-state index is 8.90. The van der Waals surface area contributed by atoms with E-state index in [1.807, 2.05) is 24.6 Å². The minimum absolute atomic E-state index is 0.394. The second kappa shape index (κ2) is 6.64. The highest BCUT2D eigenvalue weighted by atomic mass is 79.9. The highest BCUT2D eigenvalue weighted by Gasteiger charge is 2.07. The molecule has 0 atom stereocenters. The van der Waals surface area contributed by atoms with Crippen LogP contribution in [0.2, 0.25) is 0 Å². The third kappa shape index (κ3) is 3.44. The summed E-state index contributed by atoms with van der Waals surface area (Å²) in [5.41, 5.74) is 7.59. The van der Waals surface area contributed by atoms with Crippen LogP contribution in [0.3, 0.4) is 0 Å². The standard InChI is InChI=1S/C14H12BrN3OS/c1-20-11-2-9(6-18-7-11)8-19-14-4-13(17)10(5-16)3-12(14)15/h2-4,6-7H,8,17H2,1H3. The van der Waals surface area contributed by atoms with Crippen molar-refractivity contribution in [1.82, 2.24) is 4.98 Å². The average Bonchev–Trinajstić information content (AvgIpc) is 2.48. The van der Waals surface area contributed by atoms with E-state index in [0.29, 0.717) is 28.1 Å². The number of anilines is 1. The van der Waals surface area contributed by atoms with Crippen LogP contribution < -0.4 is 10.5 Å². The fraction of sp³-hybridized carbons (Fsp3) is 0.143. The second-order valence-corrected chi connectivity index (χ2v) is 5.74. The van der Waals surface area contributed by atoms with Gasteiger partial charge in [0.05, 0.1) is 15.7 Å². The molecular weight excluding hydrogens is 338 g/mol. The Morgan fingerprint density at radius 3 is 2.90 bits per heavy atom. The van der Waals surface area contributed by atoms with E-state index in [1.54, 1.807) is 30.1 Å². The fourth-order valence-electron chi connectivity index (χ4n) is 1.59.